The minimum atomic E-state index is -4.35. The van der Waals surface area contributed by atoms with Gasteiger partial charge in [-0.25, -0.2) is 0 Å². The number of halogens is 3. The van der Waals surface area contributed by atoms with Crippen LogP contribution in [-0.2, 0) is 41.2 Å². The van der Waals surface area contributed by atoms with Crippen molar-refractivity contribution in [2.24, 2.45) is 0 Å². The Morgan fingerprint density at radius 1 is 0.625 bits per heavy atom. The van der Waals surface area contributed by atoms with Crippen molar-refractivity contribution in [3.05, 3.63) is 50.4 Å². The summed E-state index contributed by atoms with van der Waals surface area (Å²) in [7, 11) is -1.85. The van der Waals surface area contributed by atoms with E-state index in [1.165, 1.54) is 12.1 Å². The van der Waals surface area contributed by atoms with Gasteiger partial charge in [-0.15, -0.1) is 6.67 Å². The van der Waals surface area contributed by atoms with Gasteiger partial charge in [0, 0.05) is 48.3 Å². The van der Waals surface area contributed by atoms with Crippen LogP contribution in [0.25, 0.3) is 0 Å². The summed E-state index contributed by atoms with van der Waals surface area (Å²) in [6.07, 6.45) is -2.68. The molecular formula is C29H46F3MoN2O3P2+. The van der Waals surface area contributed by atoms with E-state index in [0.29, 0.717) is 5.69 Å². The van der Waals surface area contributed by atoms with E-state index in [9.17, 15) is 13.2 Å². The third-order valence-electron chi connectivity index (χ3n) is 6.48. The van der Waals surface area contributed by atoms with E-state index in [1.807, 2.05) is 0 Å². The maximum Gasteiger partial charge on any atom is 0 e. The molecule has 0 amide bonds. The van der Waals surface area contributed by atoms with Gasteiger partial charge in [-0.3, -0.25) is 0 Å². The molecule has 0 aromatic heterocycles. The molecule has 226 valence electrons. The van der Waals surface area contributed by atoms with Crippen LogP contribution in [0, 0.1) is 26.6 Å². The van der Waals surface area contributed by atoms with Crippen LogP contribution in [0.1, 0.15) is 88.6 Å². The minimum absolute atomic E-state index is 0. The van der Waals surface area contributed by atoms with Crippen LogP contribution in [-0.4, -0.2) is 33.2 Å². The van der Waals surface area contributed by atoms with Gasteiger partial charge in [-0.2, -0.15) is 13.2 Å². The molecule has 0 fully saturated rings. The quantitative estimate of drug-likeness (QED) is 0.138. The first kappa shape index (κ1) is 43.8. The summed E-state index contributed by atoms with van der Waals surface area (Å²) in [6, 6.07) is 4.28. The molecule has 2 rings (SSSR count). The van der Waals surface area contributed by atoms with Crippen molar-refractivity contribution >= 4 is 27.2 Å². The van der Waals surface area contributed by atoms with E-state index < -0.39 is 27.6 Å². The molecule has 0 unspecified atom stereocenters. The van der Waals surface area contributed by atoms with Crippen LogP contribution >= 0.6 is 15.8 Å². The van der Waals surface area contributed by atoms with Crippen LogP contribution in [0.4, 0.5) is 24.5 Å². The van der Waals surface area contributed by atoms with Gasteiger partial charge in [0.15, 0.2) is 0 Å². The van der Waals surface area contributed by atoms with E-state index in [2.05, 4.69) is 120 Å². The fraction of sp³-hybridized carbons (Fsp3) is 0.655. The second-order valence-electron chi connectivity index (χ2n) is 13.5. The van der Waals surface area contributed by atoms with Crippen molar-refractivity contribution in [3.63, 3.8) is 0 Å². The van der Waals surface area contributed by atoms with Crippen LogP contribution in [0.5, 0.6) is 0 Å². The molecule has 1 aromatic carbocycles. The first-order chi connectivity index (χ1) is 17.5. The molecule has 11 heteroatoms. The Morgan fingerprint density at radius 2 is 0.925 bits per heavy atom. The molecule has 1 heterocycles. The molecule has 0 saturated carbocycles. The predicted molar refractivity (Wildman–Crippen MR) is 158 cm³/mol. The topological polar surface area (TPSA) is 66.2 Å². The largest absolute Gasteiger partial charge is 0 e. The molecule has 0 spiro atoms. The number of benzene rings is 1. The number of fused-ring (bicyclic) bond motifs is 1. The van der Waals surface area contributed by atoms with E-state index in [1.54, 1.807) is 6.07 Å². The zero-order valence-electron chi connectivity index (χ0n) is 25.9. The van der Waals surface area contributed by atoms with Gasteiger partial charge in [0.05, 0.1) is 26.2 Å². The Morgan fingerprint density at radius 3 is 1.20 bits per heavy atom. The molecule has 5 nitrogen and oxygen atoms in total. The maximum atomic E-state index is 13.6. The summed E-state index contributed by atoms with van der Waals surface area (Å²) < 4.78 is 63.3. The molecule has 0 aliphatic carbocycles. The number of alkyl halides is 3. The molecule has 40 heavy (non-hydrogen) atoms. The second kappa shape index (κ2) is 16.9. The zero-order valence-corrected chi connectivity index (χ0v) is 29.9. The fourth-order valence-corrected chi connectivity index (χ4v) is 12.8. The monoisotopic (exact) mass is 687 g/mol. The SMILES string of the molecule is CC(C)(C)[PH+](CN1[CH-]N(C[PH+](C(C)(C)C)C(C)(C)C)c2cc(C(F)(F)F)ccc21)C(C)(C)C.[C-]#[O+].[C-]#[O+].[C-]#[O+].[Mo]. The molecule has 1 aliphatic heterocycles. The predicted octanol–water partition coefficient (Wildman–Crippen LogP) is 8.87. The Balaban J connectivity index is -0.00000183. The smallest absolute Gasteiger partial charge is 0 e. The third kappa shape index (κ3) is 12.7. The number of hydrogen-bond donors (Lipinski definition) is 0. The van der Waals surface area contributed by atoms with Crippen LogP contribution in [0.2, 0.25) is 0 Å². The Hall–Kier alpha value is -0.622. The van der Waals surface area contributed by atoms with Gasteiger partial charge in [0.1, 0.15) is 12.6 Å². The molecular weight excluding hydrogens is 639 g/mol. The fourth-order valence-electron chi connectivity index (χ4n) is 5.26. The van der Waals surface area contributed by atoms with Crippen molar-refractivity contribution < 1.29 is 48.2 Å². The van der Waals surface area contributed by atoms with Gasteiger partial charge in [-0.1, -0.05) is 0 Å². The summed E-state index contributed by atoms with van der Waals surface area (Å²) in [5.41, 5.74) is 1.03. The van der Waals surface area contributed by atoms with Crippen LogP contribution < -0.4 is 9.80 Å². The van der Waals surface area contributed by atoms with Crippen molar-refractivity contribution in [1.29, 1.82) is 0 Å². The van der Waals surface area contributed by atoms with Crippen molar-refractivity contribution in [1.82, 2.24) is 0 Å². The number of rotatable bonds is 4. The molecule has 0 atom stereocenters. The molecule has 0 bridgehead atoms. The summed E-state index contributed by atoms with van der Waals surface area (Å²) >= 11 is 0. The third-order valence-corrected chi connectivity index (χ3v) is 15.0. The van der Waals surface area contributed by atoms with Crippen LogP contribution in [0.3, 0.4) is 0 Å². The van der Waals surface area contributed by atoms with Crippen molar-refractivity contribution in [2.45, 2.75) is 110 Å². The van der Waals surface area contributed by atoms with Gasteiger partial charge in [0.25, 0.3) is 0 Å². The second-order valence-corrected chi connectivity index (χ2v) is 22.1. The van der Waals surface area contributed by atoms with Gasteiger partial charge in [0.2, 0.25) is 0 Å². The van der Waals surface area contributed by atoms with Gasteiger partial charge < -0.3 is 9.80 Å². The summed E-state index contributed by atoms with van der Waals surface area (Å²) in [6.45, 7) is 43.0. The molecule has 0 radical (unpaired) electrons. The van der Waals surface area contributed by atoms with E-state index in [4.69, 9.17) is 14.0 Å². The summed E-state index contributed by atoms with van der Waals surface area (Å²) in [5, 5.41) is 0.583. The molecule has 0 saturated heterocycles. The number of nitrogens with zero attached hydrogens (tertiary/aromatic N) is 2. The zero-order chi connectivity index (χ0) is 31.8. The number of anilines is 2. The average molecular weight is 686 g/mol. The molecule has 0 N–H and O–H groups in total. The van der Waals surface area contributed by atoms with Crippen molar-refractivity contribution in [2.75, 3.05) is 22.4 Å². The maximum absolute atomic E-state index is 13.6. The summed E-state index contributed by atoms with van der Waals surface area (Å²) in [4.78, 5) is 4.37. The van der Waals surface area contributed by atoms with Crippen molar-refractivity contribution in [3.8, 4) is 0 Å². The van der Waals surface area contributed by atoms with Gasteiger partial charge >= 0.3 is 40.1 Å². The van der Waals surface area contributed by atoms with E-state index >= 15 is 0 Å². The Kier molecular flexibility index (Phi) is 18.5. The number of hydrogen-bond acceptors (Lipinski definition) is 2. The molecule has 1 aromatic rings. The Labute approximate surface area is 257 Å². The van der Waals surface area contributed by atoms with E-state index in [0.717, 1.165) is 18.3 Å². The van der Waals surface area contributed by atoms with E-state index in [-0.39, 0.29) is 41.7 Å². The normalized spacial score (nSPS) is 13.6. The first-order valence-electron chi connectivity index (χ1n) is 12.5. The molecule has 1 aliphatic rings. The Bertz CT molecular complexity index is 929. The average Bonchev–Trinajstić information content (AvgIpc) is 3.13. The first-order valence-corrected chi connectivity index (χ1v) is 15.9. The van der Waals surface area contributed by atoms with Gasteiger partial charge in [-0.05, 0) is 101 Å². The standard InChI is InChI=1S/C26H44F3N2P2.3CO.Mo/c1-22(2,3)32(23(4,5)6)17-30-16-31(18-33(24(7,8)9)25(10,11)12)21-15-19(26(27,28)29)13-14-20(21)30;3*1-2;/h13-16H,17-18H2,1-12H3;;;;/q-1;;;;/p+2. The minimum Gasteiger partial charge on any atom is 0 e. The summed E-state index contributed by atoms with van der Waals surface area (Å²) in [5.74, 6) is 0. The van der Waals surface area contributed by atoms with Crippen LogP contribution in [0.15, 0.2) is 18.2 Å².